The van der Waals surface area contributed by atoms with E-state index in [0.29, 0.717) is 21.8 Å². The molecule has 1 heterocycles. The average molecular weight is 327 g/mol. The van der Waals surface area contributed by atoms with E-state index in [4.69, 9.17) is 22.1 Å². The molecule has 1 unspecified atom stereocenters. The van der Waals surface area contributed by atoms with Crippen LogP contribution in [-0.4, -0.2) is 26.3 Å². The lowest BCUT2D eigenvalue weighted by molar-refractivity contribution is -0.117. The molecule has 1 aromatic heterocycles. The van der Waals surface area contributed by atoms with E-state index >= 15 is 0 Å². The second kappa shape index (κ2) is 6.82. The number of hydrogen-bond donors (Lipinski definition) is 2. The summed E-state index contributed by atoms with van der Waals surface area (Å²) in [5.41, 5.74) is 6.13. The first kappa shape index (κ1) is 15.7. The molecule has 0 aliphatic rings. The fourth-order valence-corrected chi connectivity index (χ4v) is 2.28. The molecule has 0 saturated carbocycles. The summed E-state index contributed by atoms with van der Waals surface area (Å²) in [7, 11) is 0. The van der Waals surface area contributed by atoms with Gasteiger partial charge in [0.2, 0.25) is 11.1 Å². The summed E-state index contributed by atoms with van der Waals surface area (Å²) in [4.78, 5) is 15.2. The number of nitrogens with zero attached hydrogens (tertiary/aromatic N) is 2. The van der Waals surface area contributed by atoms with Crippen molar-refractivity contribution in [3.8, 4) is 5.75 Å². The van der Waals surface area contributed by atoms with E-state index in [1.165, 1.54) is 11.8 Å². The number of aromatic amines is 1. The zero-order valence-corrected chi connectivity index (χ0v) is 13.2. The first-order valence-electron chi connectivity index (χ1n) is 6.22. The van der Waals surface area contributed by atoms with Gasteiger partial charge in [-0.1, -0.05) is 23.4 Å². The molecule has 2 rings (SSSR count). The van der Waals surface area contributed by atoms with Crippen LogP contribution in [-0.2, 0) is 11.4 Å². The highest BCUT2D eigenvalue weighted by Crippen LogP contribution is 2.22. The first-order valence-corrected chi connectivity index (χ1v) is 7.47. The lowest BCUT2D eigenvalue weighted by Crippen LogP contribution is -2.22. The fourth-order valence-electron chi connectivity index (χ4n) is 1.47. The van der Waals surface area contributed by atoms with Crippen LogP contribution in [0, 0.1) is 6.92 Å². The van der Waals surface area contributed by atoms with Gasteiger partial charge >= 0.3 is 0 Å². The highest BCUT2D eigenvalue weighted by molar-refractivity contribution is 8.00. The SMILES string of the molecule is Cc1cc(OCc2nc(SC(C)C(N)=O)n[nH]2)ccc1Cl. The molecule has 1 amide bonds. The van der Waals surface area contributed by atoms with Gasteiger partial charge in [-0.2, -0.15) is 0 Å². The quantitative estimate of drug-likeness (QED) is 0.794. The summed E-state index contributed by atoms with van der Waals surface area (Å²) in [6, 6.07) is 5.42. The molecule has 1 aromatic carbocycles. The predicted octanol–water partition coefficient (Wildman–Crippen LogP) is 2.31. The molecule has 112 valence electrons. The zero-order valence-electron chi connectivity index (χ0n) is 11.6. The molecule has 3 N–H and O–H groups in total. The number of amides is 1. The van der Waals surface area contributed by atoms with Crippen LogP contribution in [0.1, 0.15) is 18.3 Å². The number of aromatic nitrogens is 3. The largest absolute Gasteiger partial charge is 0.486 e. The molecule has 2 aromatic rings. The van der Waals surface area contributed by atoms with Gasteiger partial charge in [0, 0.05) is 5.02 Å². The average Bonchev–Trinajstić information content (AvgIpc) is 2.87. The van der Waals surface area contributed by atoms with Crippen molar-refractivity contribution < 1.29 is 9.53 Å². The van der Waals surface area contributed by atoms with Crippen LogP contribution in [0.15, 0.2) is 23.4 Å². The molecular formula is C13H15ClN4O2S. The maximum absolute atomic E-state index is 11.0. The van der Waals surface area contributed by atoms with E-state index in [0.717, 1.165) is 5.56 Å². The molecule has 0 bridgehead atoms. The molecule has 0 saturated heterocycles. The van der Waals surface area contributed by atoms with Crippen molar-refractivity contribution in [3.05, 3.63) is 34.6 Å². The molecule has 0 aliphatic heterocycles. The monoisotopic (exact) mass is 326 g/mol. The second-order valence-corrected chi connectivity index (χ2v) is 6.14. The van der Waals surface area contributed by atoms with Crippen molar-refractivity contribution in [3.63, 3.8) is 0 Å². The molecule has 0 spiro atoms. The number of thioether (sulfide) groups is 1. The Hall–Kier alpha value is -1.73. The van der Waals surface area contributed by atoms with Crippen LogP contribution in [0.25, 0.3) is 0 Å². The number of carbonyl (C=O) groups excluding carboxylic acids is 1. The Kier molecular flexibility index (Phi) is 5.08. The number of hydrogen-bond acceptors (Lipinski definition) is 5. The second-order valence-electron chi connectivity index (χ2n) is 4.43. The van der Waals surface area contributed by atoms with E-state index in [9.17, 15) is 4.79 Å². The smallest absolute Gasteiger partial charge is 0.230 e. The number of ether oxygens (including phenoxy) is 1. The molecule has 21 heavy (non-hydrogen) atoms. The fraction of sp³-hybridized carbons (Fsp3) is 0.308. The summed E-state index contributed by atoms with van der Waals surface area (Å²) in [5, 5.41) is 7.54. The van der Waals surface area contributed by atoms with E-state index in [-0.39, 0.29) is 11.9 Å². The van der Waals surface area contributed by atoms with Crippen LogP contribution in [0.4, 0.5) is 0 Å². The summed E-state index contributed by atoms with van der Waals surface area (Å²) in [5.74, 6) is 0.869. The molecule has 1 atom stereocenters. The highest BCUT2D eigenvalue weighted by Gasteiger charge is 2.14. The lowest BCUT2D eigenvalue weighted by Gasteiger charge is -2.05. The van der Waals surface area contributed by atoms with E-state index in [2.05, 4.69) is 15.2 Å². The van der Waals surface area contributed by atoms with Crippen molar-refractivity contribution in [2.24, 2.45) is 5.73 Å². The minimum absolute atomic E-state index is 0.250. The third-order valence-corrected chi connectivity index (χ3v) is 4.10. The standard InChI is InChI=1S/C13H15ClN4O2S/c1-7-5-9(3-4-10(7)14)20-6-11-16-13(18-17-11)21-8(2)12(15)19/h3-5,8H,6H2,1-2H3,(H2,15,19)(H,16,17,18). The van der Waals surface area contributed by atoms with Crippen LogP contribution in [0.3, 0.4) is 0 Å². The van der Waals surface area contributed by atoms with Crippen molar-refractivity contribution in [1.29, 1.82) is 0 Å². The van der Waals surface area contributed by atoms with E-state index in [1.807, 2.05) is 13.0 Å². The van der Waals surface area contributed by atoms with Crippen LogP contribution < -0.4 is 10.5 Å². The van der Waals surface area contributed by atoms with Gasteiger partial charge in [-0.25, -0.2) is 4.98 Å². The topological polar surface area (TPSA) is 93.9 Å². The van der Waals surface area contributed by atoms with Crippen LogP contribution in [0.5, 0.6) is 5.75 Å². The van der Waals surface area contributed by atoms with Crippen LogP contribution >= 0.6 is 23.4 Å². The molecule has 0 radical (unpaired) electrons. The molecule has 6 nitrogen and oxygen atoms in total. The third-order valence-electron chi connectivity index (χ3n) is 2.70. The van der Waals surface area contributed by atoms with Crippen molar-refractivity contribution in [2.75, 3.05) is 0 Å². The van der Waals surface area contributed by atoms with Gasteiger partial charge in [-0.3, -0.25) is 9.89 Å². The summed E-state index contributed by atoms with van der Waals surface area (Å²) >= 11 is 7.15. The Labute approximate surface area is 131 Å². The number of carbonyl (C=O) groups is 1. The van der Waals surface area contributed by atoms with E-state index < -0.39 is 5.91 Å². The normalized spacial score (nSPS) is 12.1. The first-order chi connectivity index (χ1) is 9.95. The molecule has 8 heteroatoms. The van der Waals surface area contributed by atoms with Gasteiger partial charge in [-0.05, 0) is 37.6 Å². The van der Waals surface area contributed by atoms with Gasteiger partial charge in [0.05, 0.1) is 5.25 Å². The third kappa shape index (κ3) is 4.37. The number of primary amides is 1. The summed E-state index contributed by atoms with van der Waals surface area (Å²) in [6.07, 6.45) is 0. The Morgan fingerprint density at radius 2 is 2.33 bits per heavy atom. The van der Waals surface area contributed by atoms with Gasteiger partial charge in [0.1, 0.15) is 12.4 Å². The van der Waals surface area contributed by atoms with Gasteiger partial charge in [0.15, 0.2) is 5.82 Å². The number of benzene rings is 1. The van der Waals surface area contributed by atoms with Crippen molar-refractivity contribution in [1.82, 2.24) is 15.2 Å². The predicted molar refractivity (Wildman–Crippen MR) is 81.4 cm³/mol. The Balaban J connectivity index is 1.93. The summed E-state index contributed by atoms with van der Waals surface area (Å²) in [6.45, 7) is 3.86. The van der Waals surface area contributed by atoms with Gasteiger partial charge in [0.25, 0.3) is 0 Å². The minimum Gasteiger partial charge on any atom is -0.486 e. The number of H-pyrrole nitrogens is 1. The zero-order chi connectivity index (χ0) is 15.4. The molecule has 0 fully saturated rings. The Morgan fingerprint density at radius 3 is 3.00 bits per heavy atom. The number of nitrogens with one attached hydrogen (secondary N) is 1. The minimum atomic E-state index is -0.403. The maximum atomic E-state index is 11.0. The number of rotatable bonds is 6. The molecule has 0 aliphatic carbocycles. The van der Waals surface area contributed by atoms with Gasteiger partial charge in [-0.15, -0.1) is 5.10 Å². The molecular weight excluding hydrogens is 312 g/mol. The number of nitrogens with two attached hydrogens (primary N) is 1. The Morgan fingerprint density at radius 1 is 1.57 bits per heavy atom. The van der Waals surface area contributed by atoms with Gasteiger partial charge < -0.3 is 10.5 Å². The number of halogens is 1. The van der Waals surface area contributed by atoms with Crippen molar-refractivity contribution >= 4 is 29.3 Å². The maximum Gasteiger partial charge on any atom is 0.230 e. The number of aryl methyl sites for hydroxylation is 1. The highest BCUT2D eigenvalue weighted by atomic mass is 35.5. The summed E-state index contributed by atoms with van der Waals surface area (Å²) < 4.78 is 5.60. The lowest BCUT2D eigenvalue weighted by atomic mass is 10.2. The Bertz CT molecular complexity index is 647. The van der Waals surface area contributed by atoms with Crippen LogP contribution in [0.2, 0.25) is 5.02 Å². The van der Waals surface area contributed by atoms with Crippen molar-refractivity contribution in [2.45, 2.75) is 30.9 Å². The van der Waals surface area contributed by atoms with E-state index in [1.54, 1.807) is 19.1 Å².